The summed E-state index contributed by atoms with van der Waals surface area (Å²) in [6, 6.07) is 8.65. The van der Waals surface area contributed by atoms with E-state index < -0.39 is 0 Å². The molecule has 1 N–H and O–H groups in total. The predicted molar refractivity (Wildman–Crippen MR) is 87.4 cm³/mol. The van der Waals surface area contributed by atoms with Gasteiger partial charge in [0.2, 0.25) is 5.91 Å². The molecule has 1 atom stereocenters. The van der Waals surface area contributed by atoms with Gasteiger partial charge in [0.15, 0.2) is 0 Å². The van der Waals surface area contributed by atoms with Crippen molar-refractivity contribution in [2.45, 2.75) is 45.7 Å². The van der Waals surface area contributed by atoms with Gasteiger partial charge >= 0.3 is 0 Å². The SMILES string of the molecule is CC(C)C(=O)N1CCC(NC(C)c2ccccc2Cl)CC1. The Hall–Kier alpha value is -1.06. The molecule has 0 saturated carbocycles. The fourth-order valence-corrected chi connectivity index (χ4v) is 3.20. The number of nitrogens with one attached hydrogen (secondary N) is 1. The summed E-state index contributed by atoms with van der Waals surface area (Å²) in [5.74, 6) is 0.365. The molecular formula is C17H25ClN2O. The highest BCUT2D eigenvalue weighted by Crippen LogP contribution is 2.24. The van der Waals surface area contributed by atoms with Crippen molar-refractivity contribution in [1.82, 2.24) is 10.2 Å². The zero-order valence-electron chi connectivity index (χ0n) is 13.1. The number of amides is 1. The average molecular weight is 309 g/mol. The van der Waals surface area contributed by atoms with Gasteiger partial charge < -0.3 is 10.2 Å². The highest BCUT2D eigenvalue weighted by Gasteiger charge is 2.25. The van der Waals surface area contributed by atoms with Crippen LogP contribution in [0.15, 0.2) is 24.3 Å². The molecule has 0 radical (unpaired) electrons. The fourth-order valence-electron chi connectivity index (χ4n) is 2.90. The molecule has 1 fully saturated rings. The smallest absolute Gasteiger partial charge is 0.225 e. The summed E-state index contributed by atoms with van der Waals surface area (Å²) in [7, 11) is 0. The molecule has 1 amide bonds. The Kier molecular flexibility index (Phi) is 5.65. The van der Waals surface area contributed by atoms with Gasteiger partial charge in [-0.05, 0) is 31.4 Å². The van der Waals surface area contributed by atoms with Crippen molar-refractivity contribution in [3.05, 3.63) is 34.9 Å². The topological polar surface area (TPSA) is 32.3 Å². The quantitative estimate of drug-likeness (QED) is 0.921. The summed E-state index contributed by atoms with van der Waals surface area (Å²) >= 11 is 6.24. The first-order valence-electron chi connectivity index (χ1n) is 7.78. The van der Waals surface area contributed by atoms with E-state index in [2.05, 4.69) is 18.3 Å². The van der Waals surface area contributed by atoms with Crippen LogP contribution in [0.1, 0.15) is 45.2 Å². The molecule has 0 bridgehead atoms. The Morgan fingerprint density at radius 3 is 2.43 bits per heavy atom. The second kappa shape index (κ2) is 7.28. The molecule has 1 aromatic carbocycles. The summed E-state index contributed by atoms with van der Waals surface area (Å²) in [5.41, 5.74) is 1.14. The Morgan fingerprint density at radius 1 is 1.24 bits per heavy atom. The van der Waals surface area contributed by atoms with Crippen molar-refractivity contribution >= 4 is 17.5 Å². The van der Waals surface area contributed by atoms with E-state index in [0.29, 0.717) is 6.04 Å². The van der Waals surface area contributed by atoms with E-state index in [9.17, 15) is 4.79 Å². The monoisotopic (exact) mass is 308 g/mol. The summed E-state index contributed by atoms with van der Waals surface area (Å²) in [6.45, 7) is 7.78. The zero-order chi connectivity index (χ0) is 15.4. The van der Waals surface area contributed by atoms with E-state index >= 15 is 0 Å². The molecule has 1 aliphatic heterocycles. The molecule has 1 aromatic rings. The van der Waals surface area contributed by atoms with Crippen LogP contribution in [0.3, 0.4) is 0 Å². The highest BCUT2D eigenvalue weighted by atomic mass is 35.5. The molecule has 0 aromatic heterocycles. The third-order valence-electron chi connectivity index (χ3n) is 4.16. The van der Waals surface area contributed by atoms with Crippen molar-refractivity contribution in [2.75, 3.05) is 13.1 Å². The number of halogens is 1. The van der Waals surface area contributed by atoms with E-state index in [1.54, 1.807) is 0 Å². The second-order valence-electron chi connectivity index (χ2n) is 6.16. The largest absolute Gasteiger partial charge is 0.342 e. The van der Waals surface area contributed by atoms with E-state index in [1.165, 1.54) is 0 Å². The minimum absolute atomic E-state index is 0.0940. The molecule has 0 aliphatic carbocycles. The molecular weight excluding hydrogens is 284 g/mol. The third kappa shape index (κ3) is 4.21. The van der Waals surface area contributed by atoms with Crippen LogP contribution in [0.4, 0.5) is 0 Å². The number of likely N-dealkylation sites (tertiary alicyclic amines) is 1. The number of rotatable bonds is 4. The summed E-state index contributed by atoms with van der Waals surface area (Å²) in [5, 5.41) is 4.45. The molecule has 0 spiro atoms. The lowest BCUT2D eigenvalue weighted by atomic mass is 10.0. The molecule has 1 saturated heterocycles. The first kappa shape index (κ1) is 16.3. The second-order valence-corrected chi connectivity index (χ2v) is 6.57. The van der Waals surface area contributed by atoms with Crippen LogP contribution < -0.4 is 5.32 Å². The molecule has 3 nitrogen and oxygen atoms in total. The van der Waals surface area contributed by atoms with E-state index in [4.69, 9.17) is 11.6 Å². The van der Waals surface area contributed by atoms with Crippen molar-refractivity contribution in [3.63, 3.8) is 0 Å². The number of carbonyl (C=O) groups is 1. The van der Waals surface area contributed by atoms with Crippen LogP contribution in [-0.2, 0) is 4.79 Å². The van der Waals surface area contributed by atoms with Gasteiger partial charge in [-0.1, -0.05) is 43.6 Å². The van der Waals surface area contributed by atoms with Crippen LogP contribution >= 0.6 is 11.6 Å². The number of hydrogen-bond donors (Lipinski definition) is 1. The number of hydrogen-bond acceptors (Lipinski definition) is 2. The molecule has 4 heteroatoms. The highest BCUT2D eigenvalue weighted by molar-refractivity contribution is 6.31. The Balaban J connectivity index is 1.86. The van der Waals surface area contributed by atoms with Crippen LogP contribution in [0.25, 0.3) is 0 Å². The van der Waals surface area contributed by atoms with E-state index in [0.717, 1.165) is 36.5 Å². The minimum Gasteiger partial charge on any atom is -0.342 e. The Morgan fingerprint density at radius 2 is 1.86 bits per heavy atom. The van der Waals surface area contributed by atoms with Gasteiger partial charge in [-0.3, -0.25) is 4.79 Å². The zero-order valence-corrected chi connectivity index (χ0v) is 13.9. The van der Waals surface area contributed by atoms with Gasteiger partial charge in [0.05, 0.1) is 0 Å². The van der Waals surface area contributed by atoms with Crippen LogP contribution in [0, 0.1) is 5.92 Å². The van der Waals surface area contributed by atoms with Gasteiger partial charge in [-0.25, -0.2) is 0 Å². The lowest BCUT2D eigenvalue weighted by Gasteiger charge is -2.35. The maximum Gasteiger partial charge on any atom is 0.225 e. The molecule has 1 unspecified atom stereocenters. The van der Waals surface area contributed by atoms with E-state index in [1.807, 2.05) is 36.9 Å². The number of nitrogens with zero attached hydrogens (tertiary/aromatic N) is 1. The number of carbonyl (C=O) groups excluding carboxylic acids is 1. The maximum atomic E-state index is 12.0. The molecule has 1 aliphatic rings. The molecule has 2 rings (SSSR count). The Labute approximate surface area is 132 Å². The first-order valence-corrected chi connectivity index (χ1v) is 8.16. The van der Waals surface area contributed by atoms with Crippen LogP contribution in [0.2, 0.25) is 5.02 Å². The van der Waals surface area contributed by atoms with E-state index in [-0.39, 0.29) is 17.9 Å². The maximum absolute atomic E-state index is 12.0. The lowest BCUT2D eigenvalue weighted by molar-refractivity contribution is -0.135. The third-order valence-corrected chi connectivity index (χ3v) is 4.50. The van der Waals surface area contributed by atoms with Gasteiger partial charge in [-0.2, -0.15) is 0 Å². The van der Waals surface area contributed by atoms with Crippen molar-refractivity contribution in [2.24, 2.45) is 5.92 Å². The standard InChI is InChI=1S/C17H25ClN2O/c1-12(2)17(21)20-10-8-14(9-11-20)19-13(3)15-6-4-5-7-16(15)18/h4-7,12-14,19H,8-11H2,1-3H3. The number of benzene rings is 1. The van der Waals surface area contributed by atoms with Crippen molar-refractivity contribution in [1.29, 1.82) is 0 Å². The Bertz CT molecular complexity index is 481. The van der Waals surface area contributed by atoms with Crippen molar-refractivity contribution in [3.8, 4) is 0 Å². The summed E-state index contributed by atoms with van der Waals surface area (Å²) < 4.78 is 0. The fraction of sp³-hybridized carbons (Fsp3) is 0.588. The molecule has 116 valence electrons. The van der Waals surface area contributed by atoms with Crippen LogP contribution in [0.5, 0.6) is 0 Å². The van der Waals surface area contributed by atoms with Gasteiger partial charge in [0.25, 0.3) is 0 Å². The predicted octanol–water partition coefficient (Wildman–Crippen LogP) is 3.64. The molecule has 21 heavy (non-hydrogen) atoms. The van der Waals surface area contributed by atoms with Gasteiger partial charge in [0, 0.05) is 36.1 Å². The van der Waals surface area contributed by atoms with Gasteiger partial charge in [-0.15, -0.1) is 0 Å². The summed E-state index contributed by atoms with van der Waals surface area (Å²) in [4.78, 5) is 14.0. The van der Waals surface area contributed by atoms with Crippen molar-refractivity contribution < 1.29 is 4.79 Å². The molecule has 1 heterocycles. The summed E-state index contributed by atoms with van der Waals surface area (Å²) in [6.07, 6.45) is 2.01. The number of piperidine rings is 1. The normalized spacial score (nSPS) is 18.0. The first-order chi connectivity index (χ1) is 9.99. The minimum atomic E-state index is 0.0940. The average Bonchev–Trinajstić information content (AvgIpc) is 2.47. The van der Waals surface area contributed by atoms with Crippen LogP contribution in [-0.4, -0.2) is 29.9 Å². The van der Waals surface area contributed by atoms with Gasteiger partial charge in [0.1, 0.15) is 0 Å². The lowest BCUT2D eigenvalue weighted by Crippen LogP contribution is -2.46.